The lowest BCUT2D eigenvalue weighted by atomic mass is 10.1. The average Bonchev–Trinajstić information content (AvgIpc) is 2.94. The van der Waals surface area contributed by atoms with Gasteiger partial charge in [0, 0.05) is 23.6 Å². The van der Waals surface area contributed by atoms with E-state index in [-0.39, 0.29) is 5.91 Å². The summed E-state index contributed by atoms with van der Waals surface area (Å²) in [6.45, 7) is 4.28. The first kappa shape index (κ1) is 17.2. The van der Waals surface area contributed by atoms with Crippen molar-refractivity contribution >= 4 is 23.3 Å². The molecule has 2 aromatic heterocycles. The number of thioether (sulfide) groups is 1. The number of fused-ring (bicyclic) bond motifs is 1. The van der Waals surface area contributed by atoms with Gasteiger partial charge in [0.2, 0.25) is 5.91 Å². The van der Waals surface area contributed by atoms with Crippen molar-refractivity contribution < 1.29 is 9.63 Å². The number of nitrogens with zero attached hydrogens (tertiary/aromatic N) is 4. The van der Waals surface area contributed by atoms with E-state index in [4.69, 9.17) is 10.1 Å². The number of rotatable bonds is 7. The third-order valence-corrected chi connectivity index (χ3v) is 4.08. The molecule has 0 fully saturated rings. The highest BCUT2D eigenvalue weighted by atomic mass is 32.2. The van der Waals surface area contributed by atoms with Crippen LogP contribution in [0.15, 0.2) is 6.20 Å². The second-order valence-corrected chi connectivity index (χ2v) is 6.02. The summed E-state index contributed by atoms with van der Waals surface area (Å²) in [7, 11) is 0. The maximum absolute atomic E-state index is 11.8. The van der Waals surface area contributed by atoms with Crippen LogP contribution in [0, 0.1) is 25.2 Å². The largest absolute Gasteiger partial charge is 0.273 e. The molecule has 0 saturated heterocycles. The monoisotopic (exact) mass is 333 g/mol. The Kier molecular flexibility index (Phi) is 5.96. The summed E-state index contributed by atoms with van der Waals surface area (Å²) in [6.07, 6.45) is 4.33. The number of amides is 1. The summed E-state index contributed by atoms with van der Waals surface area (Å²) in [4.78, 5) is 21.3. The van der Waals surface area contributed by atoms with Gasteiger partial charge in [-0.05, 0) is 32.1 Å². The zero-order valence-corrected chi connectivity index (χ0v) is 14.2. The lowest BCUT2D eigenvalue weighted by molar-refractivity contribution is -0.133. The minimum absolute atomic E-state index is 0.164. The molecule has 8 heteroatoms. The number of carbonyl (C=O) groups is 1. The van der Waals surface area contributed by atoms with Gasteiger partial charge in [-0.15, -0.1) is 0 Å². The number of nitrogens with one attached hydrogen (secondary N) is 1. The molecular formula is C15H19N5O2S. The van der Waals surface area contributed by atoms with Gasteiger partial charge in [0.1, 0.15) is 11.6 Å². The Morgan fingerprint density at radius 2 is 2.30 bits per heavy atom. The number of hydroxylamine groups is 1. The Morgan fingerprint density at radius 1 is 1.52 bits per heavy atom. The van der Waals surface area contributed by atoms with Gasteiger partial charge in [-0.1, -0.05) is 0 Å². The Balaban J connectivity index is 2.06. The van der Waals surface area contributed by atoms with Gasteiger partial charge in [-0.25, -0.2) is 15.0 Å². The van der Waals surface area contributed by atoms with Crippen LogP contribution < -0.4 is 5.48 Å². The molecule has 0 aliphatic heterocycles. The Morgan fingerprint density at radius 3 is 3.00 bits per heavy atom. The van der Waals surface area contributed by atoms with E-state index in [1.807, 2.05) is 20.1 Å². The molecule has 122 valence electrons. The predicted molar refractivity (Wildman–Crippen MR) is 88.0 cm³/mol. The molecule has 0 bridgehead atoms. The van der Waals surface area contributed by atoms with E-state index in [1.165, 1.54) is 6.20 Å². The third-order valence-electron chi connectivity index (χ3n) is 3.51. The van der Waals surface area contributed by atoms with E-state index in [1.54, 1.807) is 16.3 Å². The smallest absolute Gasteiger partial charge is 0.243 e. The van der Waals surface area contributed by atoms with Crippen LogP contribution in [0.1, 0.15) is 28.9 Å². The molecule has 2 heterocycles. The first-order chi connectivity index (χ1) is 11.1. The highest BCUT2D eigenvalue weighted by Gasteiger charge is 2.14. The molecule has 2 aromatic rings. The van der Waals surface area contributed by atoms with Gasteiger partial charge < -0.3 is 0 Å². The van der Waals surface area contributed by atoms with Crippen LogP contribution in [-0.2, 0) is 16.1 Å². The van der Waals surface area contributed by atoms with E-state index >= 15 is 0 Å². The summed E-state index contributed by atoms with van der Waals surface area (Å²) >= 11 is 1.66. The third kappa shape index (κ3) is 4.00. The first-order valence-electron chi connectivity index (χ1n) is 7.22. The van der Waals surface area contributed by atoms with Crippen molar-refractivity contribution in [2.45, 2.75) is 26.7 Å². The predicted octanol–water partition coefficient (Wildman–Crippen LogP) is 1.56. The number of nitriles is 1. The molecule has 2 rings (SSSR count). The fourth-order valence-electron chi connectivity index (χ4n) is 2.30. The van der Waals surface area contributed by atoms with Crippen molar-refractivity contribution in [1.82, 2.24) is 20.1 Å². The van der Waals surface area contributed by atoms with E-state index in [2.05, 4.69) is 21.6 Å². The van der Waals surface area contributed by atoms with Crippen molar-refractivity contribution in [2.75, 3.05) is 18.6 Å². The molecule has 0 atom stereocenters. The maximum atomic E-state index is 11.8. The van der Waals surface area contributed by atoms with Gasteiger partial charge in [-0.2, -0.15) is 22.1 Å². The van der Waals surface area contributed by atoms with Crippen LogP contribution in [0.4, 0.5) is 0 Å². The zero-order valence-electron chi connectivity index (χ0n) is 13.4. The Hall–Kier alpha value is -2.11. The van der Waals surface area contributed by atoms with E-state index in [0.717, 1.165) is 22.7 Å². The van der Waals surface area contributed by atoms with Gasteiger partial charge in [0.15, 0.2) is 5.65 Å². The molecule has 0 unspecified atom stereocenters. The van der Waals surface area contributed by atoms with Crippen molar-refractivity contribution in [2.24, 2.45) is 0 Å². The summed E-state index contributed by atoms with van der Waals surface area (Å²) in [5, 5.41) is 13.3. The van der Waals surface area contributed by atoms with Gasteiger partial charge >= 0.3 is 0 Å². The minimum atomic E-state index is -0.164. The van der Waals surface area contributed by atoms with Gasteiger partial charge in [0.25, 0.3) is 0 Å². The van der Waals surface area contributed by atoms with Crippen molar-refractivity contribution in [1.29, 1.82) is 5.26 Å². The quantitative estimate of drug-likeness (QED) is 0.611. The molecule has 0 radical (unpaired) electrons. The average molecular weight is 333 g/mol. The van der Waals surface area contributed by atoms with Crippen molar-refractivity contribution in [3.8, 4) is 6.07 Å². The number of hydrogen-bond donors (Lipinski definition) is 1. The second-order valence-electron chi connectivity index (χ2n) is 5.03. The SMILES string of the molecule is CSCCONC(=O)CCc1c(C)nc2c(C#N)cnn2c1C. The molecule has 1 N–H and O–H groups in total. The molecule has 0 saturated carbocycles. The first-order valence-corrected chi connectivity index (χ1v) is 8.61. The molecule has 23 heavy (non-hydrogen) atoms. The van der Waals surface area contributed by atoms with E-state index < -0.39 is 0 Å². The lowest BCUT2D eigenvalue weighted by Gasteiger charge is -2.11. The minimum Gasteiger partial charge on any atom is -0.273 e. The Labute approximate surface area is 139 Å². The lowest BCUT2D eigenvalue weighted by Crippen LogP contribution is -2.25. The number of aromatic nitrogens is 3. The van der Waals surface area contributed by atoms with Crippen LogP contribution in [0.5, 0.6) is 0 Å². The van der Waals surface area contributed by atoms with Crippen molar-refractivity contribution in [3.63, 3.8) is 0 Å². The summed E-state index contributed by atoms with van der Waals surface area (Å²) in [6, 6.07) is 2.08. The van der Waals surface area contributed by atoms with Crippen LogP contribution in [0.2, 0.25) is 0 Å². The Bertz CT molecular complexity index is 750. The molecule has 0 aliphatic carbocycles. The fraction of sp³-hybridized carbons (Fsp3) is 0.467. The number of aryl methyl sites for hydroxylation is 2. The molecule has 0 aliphatic rings. The van der Waals surface area contributed by atoms with Crippen LogP contribution in [0.3, 0.4) is 0 Å². The molecule has 1 amide bonds. The summed E-state index contributed by atoms with van der Waals surface area (Å²) in [5.74, 6) is 0.669. The van der Waals surface area contributed by atoms with Crippen LogP contribution in [0.25, 0.3) is 5.65 Å². The summed E-state index contributed by atoms with van der Waals surface area (Å²) < 4.78 is 1.65. The normalized spacial score (nSPS) is 10.7. The topological polar surface area (TPSA) is 92.3 Å². The second kappa shape index (κ2) is 7.94. The highest BCUT2D eigenvalue weighted by molar-refractivity contribution is 7.98. The molecule has 0 aromatic carbocycles. The highest BCUT2D eigenvalue weighted by Crippen LogP contribution is 2.18. The zero-order chi connectivity index (χ0) is 16.8. The molecule has 7 nitrogen and oxygen atoms in total. The molecule has 0 spiro atoms. The van der Waals surface area contributed by atoms with E-state index in [0.29, 0.717) is 30.7 Å². The fourth-order valence-corrected chi connectivity index (χ4v) is 2.55. The van der Waals surface area contributed by atoms with Gasteiger partial charge in [0.05, 0.1) is 12.8 Å². The molecular weight excluding hydrogens is 314 g/mol. The van der Waals surface area contributed by atoms with E-state index in [9.17, 15) is 4.79 Å². The van der Waals surface area contributed by atoms with Crippen LogP contribution >= 0.6 is 11.8 Å². The van der Waals surface area contributed by atoms with Gasteiger partial charge in [-0.3, -0.25) is 9.63 Å². The number of carbonyl (C=O) groups excluding carboxylic acids is 1. The maximum Gasteiger partial charge on any atom is 0.243 e. The number of hydrogen-bond acceptors (Lipinski definition) is 6. The van der Waals surface area contributed by atoms with Crippen molar-refractivity contribution in [3.05, 3.63) is 28.7 Å². The summed E-state index contributed by atoms with van der Waals surface area (Å²) in [5.41, 5.74) is 6.10. The standard InChI is InChI=1S/C15H19N5O2S/c1-10-13(4-5-14(21)19-22-6-7-23-3)11(2)20-15(18-10)12(8-16)9-17-20/h9H,4-7H2,1-3H3,(H,19,21). The van der Waals surface area contributed by atoms with Crippen LogP contribution in [-0.4, -0.2) is 39.1 Å².